The van der Waals surface area contributed by atoms with Gasteiger partial charge in [0.2, 0.25) is 0 Å². The van der Waals surface area contributed by atoms with Gasteiger partial charge in [0.1, 0.15) is 9.84 Å². The van der Waals surface area contributed by atoms with Gasteiger partial charge in [-0.25, -0.2) is 8.42 Å². The van der Waals surface area contributed by atoms with E-state index in [0.717, 1.165) is 25.8 Å². The molecule has 3 nitrogen and oxygen atoms in total. The van der Waals surface area contributed by atoms with E-state index in [1.54, 1.807) is 0 Å². The lowest BCUT2D eigenvalue weighted by molar-refractivity contribution is 0.238. The Morgan fingerprint density at radius 3 is 1.94 bits per heavy atom. The summed E-state index contributed by atoms with van der Waals surface area (Å²) in [5.41, 5.74) is 0.158. The van der Waals surface area contributed by atoms with Gasteiger partial charge in [0, 0.05) is 18.3 Å². The summed E-state index contributed by atoms with van der Waals surface area (Å²) in [5, 5.41) is 3.49. The van der Waals surface area contributed by atoms with E-state index in [4.69, 9.17) is 0 Å². The number of sulfone groups is 1. The maximum Gasteiger partial charge on any atom is 0.147 e. The summed E-state index contributed by atoms with van der Waals surface area (Å²) in [6.07, 6.45) is 4.21. The Kier molecular flexibility index (Phi) is 6.15. The van der Waals surface area contributed by atoms with Crippen molar-refractivity contribution in [3.63, 3.8) is 0 Å². The van der Waals surface area contributed by atoms with E-state index in [-0.39, 0.29) is 16.7 Å². The standard InChI is InChI=1S/C13H29NO2S/c1-7-8-13(5,9-10-17(6,15)16)11-14-12(2,3)4/h14H,7-11H2,1-6H3. The number of rotatable bonds is 7. The molecule has 0 heterocycles. The van der Waals surface area contributed by atoms with Gasteiger partial charge in [-0.15, -0.1) is 0 Å². The van der Waals surface area contributed by atoms with E-state index >= 15 is 0 Å². The van der Waals surface area contributed by atoms with Crippen LogP contribution in [0.3, 0.4) is 0 Å². The zero-order valence-electron chi connectivity index (χ0n) is 12.3. The van der Waals surface area contributed by atoms with Crippen molar-refractivity contribution >= 4 is 9.84 Å². The maximum absolute atomic E-state index is 11.3. The molecular weight excluding hydrogens is 234 g/mol. The number of hydrogen-bond donors (Lipinski definition) is 1. The SMILES string of the molecule is CCCC(C)(CCS(C)(=O)=O)CNC(C)(C)C. The Morgan fingerprint density at radius 1 is 1.06 bits per heavy atom. The van der Waals surface area contributed by atoms with Crippen molar-refractivity contribution in [1.82, 2.24) is 5.32 Å². The van der Waals surface area contributed by atoms with E-state index in [1.165, 1.54) is 6.26 Å². The first-order valence-corrected chi connectivity index (χ1v) is 8.46. The van der Waals surface area contributed by atoms with Crippen LogP contribution in [0.25, 0.3) is 0 Å². The zero-order chi connectivity index (χ0) is 13.7. The summed E-state index contributed by atoms with van der Waals surface area (Å²) in [7, 11) is -2.86. The molecule has 0 aliphatic carbocycles. The molecule has 0 saturated carbocycles. The Bertz CT molecular complexity index is 317. The van der Waals surface area contributed by atoms with Gasteiger partial charge in [-0.3, -0.25) is 0 Å². The average molecular weight is 263 g/mol. The van der Waals surface area contributed by atoms with Crippen molar-refractivity contribution in [2.45, 2.75) is 59.4 Å². The van der Waals surface area contributed by atoms with Crippen molar-refractivity contribution in [2.24, 2.45) is 5.41 Å². The second-order valence-corrected chi connectivity index (χ2v) is 8.80. The highest BCUT2D eigenvalue weighted by atomic mass is 32.2. The fourth-order valence-corrected chi connectivity index (χ4v) is 2.68. The lowest BCUT2D eigenvalue weighted by Crippen LogP contribution is -2.43. The van der Waals surface area contributed by atoms with Crippen LogP contribution in [0.1, 0.15) is 53.9 Å². The minimum absolute atomic E-state index is 0.0745. The van der Waals surface area contributed by atoms with Gasteiger partial charge >= 0.3 is 0 Å². The molecule has 0 aliphatic heterocycles. The zero-order valence-corrected chi connectivity index (χ0v) is 13.1. The first-order valence-electron chi connectivity index (χ1n) is 6.40. The highest BCUT2D eigenvalue weighted by Crippen LogP contribution is 2.28. The molecule has 0 amide bonds. The van der Waals surface area contributed by atoms with Crippen LogP contribution < -0.4 is 5.32 Å². The Balaban J connectivity index is 4.45. The lowest BCUT2D eigenvalue weighted by Gasteiger charge is -2.33. The Hall–Kier alpha value is -0.0900. The van der Waals surface area contributed by atoms with E-state index in [2.05, 4.69) is 39.9 Å². The van der Waals surface area contributed by atoms with Gasteiger partial charge in [0.15, 0.2) is 0 Å². The summed E-state index contributed by atoms with van der Waals surface area (Å²) < 4.78 is 22.5. The molecule has 0 aromatic rings. The highest BCUT2D eigenvalue weighted by molar-refractivity contribution is 7.90. The Labute approximate surface area is 107 Å². The van der Waals surface area contributed by atoms with Crippen molar-refractivity contribution in [3.05, 3.63) is 0 Å². The van der Waals surface area contributed by atoms with Crippen molar-refractivity contribution in [1.29, 1.82) is 0 Å². The van der Waals surface area contributed by atoms with E-state index in [0.29, 0.717) is 0 Å². The van der Waals surface area contributed by atoms with Crippen molar-refractivity contribution < 1.29 is 8.42 Å². The number of nitrogens with one attached hydrogen (secondary N) is 1. The molecule has 104 valence electrons. The van der Waals surface area contributed by atoms with Gasteiger partial charge in [0.05, 0.1) is 5.75 Å². The number of hydrogen-bond acceptors (Lipinski definition) is 3. The fraction of sp³-hybridized carbons (Fsp3) is 1.00. The van der Waals surface area contributed by atoms with Crippen LogP contribution in [-0.2, 0) is 9.84 Å². The first kappa shape index (κ1) is 16.9. The average Bonchev–Trinajstić information content (AvgIpc) is 2.11. The van der Waals surface area contributed by atoms with Crippen molar-refractivity contribution in [3.8, 4) is 0 Å². The minimum Gasteiger partial charge on any atom is -0.312 e. The molecule has 0 fully saturated rings. The Morgan fingerprint density at radius 2 is 1.59 bits per heavy atom. The molecule has 1 N–H and O–H groups in total. The molecule has 1 atom stereocenters. The van der Waals surface area contributed by atoms with Crippen LogP contribution in [0.2, 0.25) is 0 Å². The van der Waals surface area contributed by atoms with Crippen LogP contribution in [0, 0.1) is 5.41 Å². The molecular formula is C13H29NO2S. The largest absolute Gasteiger partial charge is 0.312 e. The smallest absolute Gasteiger partial charge is 0.147 e. The molecule has 0 rings (SSSR count). The third kappa shape index (κ3) is 9.60. The van der Waals surface area contributed by atoms with E-state index < -0.39 is 9.84 Å². The van der Waals surface area contributed by atoms with Gasteiger partial charge in [-0.2, -0.15) is 0 Å². The normalized spacial score (nSPS) is 16.8. The third-order valence-corrected chi connectivity index (χ3v) is 3.92. The predicted octanol–water partition coefficient (Wildman–Crippen LogP) is 2.62. The quantitative estimate of drug-likeness (QED) is 0.768. The first-order chi connectivity index (χ1) is 7.47. The molecule has 0 bridgehead atoms. The molecule has 0 aliphatic rings. The summed E-state index contributed by atoms with van der Waals surface area (Å²) in [5.74, 6) is 0.287. The molecule has 0 aromatic carbocycles. The van der Waals surface area contributed by atoms with Crippen molar-refractivity contribution in [2.75, 3.05) is 18.6 Å². The van der Waals surface area contributed by atoms with Crippen LogP contribution in [-0.4, -0.2) is 32.5 Å². The second-order valence-electron chi connectivity index (χ2n) is 6.54. The predicted molar refractivity (Wildman–Crippen MR) is 75.1 cm³/mol. The lowest BCUT2D eigenvalue weighted by atomic mass is 9.82. The third-order valence-electron chi connectivity index (χ3n) is 2.98. The minimum atomic E-state index is -2.86. The molecule has 0 aromatic heterocycles. The molecule has 1 unspecified atom stereocenters. The molecule has 0 radical (unpaired) electrons. The summed E-state index contributed by atoms with van der Waals surface area (Å²) in [6.45, 7) is 11.6. The molecule has 4 heteroatoms. The van der Waals surface area contributed by atoms with E-state index in [1.807, 2.05) is 0 Å². The monoisotopic (exact) mass is 263 g/mol. The summed E-state index contributed by atoms with van der Waals surface area (Å²) in [4.78, 5) is 0. The van der Waals surface area contributed by atoms with Crippen LogP contribution in [0.5, 0.6) is 0 Å². The van der Waals surface area contributed by atoms with Gasteiger partial charge in [0.25, 0.3) is 0 Å². The van der Waals surface area contributed by atoms with Gasteiger partial charge in [-0.1, -0.05) is 20.3 Å². The summed E-state index contributed by atoms with van der Waals surface area (Å²) >= 11 is 0. The second kappa shape index (κ2) is 6.19. The fourth-order valence-electron chi connectivity index (χ4n) is 1.82. The maximum atomic E-state index is 11.3. The van der Waals surface area contributed by atoms with Crippen LogP contribution in [0.4, 0.5) is 0 Å². The van der Waals surface area contributed by atoms with Gasteiger partial charge in [-0.05, 0) is 39.0 Å². The topological polar surface area (TPSA) is 46.2 Å². The van der Waals surface area contributed by atoms with E-state index in [9.17, 15) is 8.42 Å². The molecule has 0 saturated heterocycles. The van der Waals surface area contributed by atoms with Crippen LogP contribution >= 0.6 is 0 Å². The highest BCUT2D eigenvalue weighted by Gasteiger charge is 2.26. The molecule has 0 spiro atoms. The van der Waals surface area contributed by atoms with Crippen LogP contribution in [0.15, 0.2) is 0 Å². The van der Waals surface area contributed by atoms with Gasteiger partial charge < -0.3 is 5.32 Å². The molecule has 17 heavy (non-hydrogen) atoms. The summed E-state index contributed by atoms with van der Waals surface area (Å²) in [6, 6.07) is 0.